The Hall–Kier alpha value is -2.90. The van der Waals surface area contributed by atoms with Gasteiger partial charge in [0.25, 0.3) is 0 Å². The van der Waals surface area contributed by atoms with Gasteiger partial charge in [-0.1, -0.05) is 109 Å². The minimum absolute atomic E-state index is 1.33. The standard InChI is InChI=1S/C26H22Si/c1-19-16-17-24-22-13-7-6-12-21(22)23-14-8-9-15-25(23)27(2,26(24)18-19)20-10-4-3-5-11-20/h3-18H,1-2H3. The summed E-state index contributed by atoms with van der Waals surface area (Å²) in [5, 5.41) is 4.50. The van der Waals surface area contributed by atoms with E-state index in [2.05, 4.69) is 111 Å². The molecule has 4 aromatic rings. The zero-order chi connectivity index (χ0) is 18.4. The SMILES string of the molecule is Cc1ccc2c(c1)[Si](C)(c1ccccc1)c1ccccc1-c1ccccc1-2. The van der Waals surface area contributed by atoms with E-state index in [1.165, 1.54) is 43.4 Å². The first kappa shape index (κ1) is 16.3. The topological polar surface area (TPSA) is 0 Å². The summed E-state index contributed by atoms with van der Waals surface area (Å²) in [7, 11) is -2.13. The molecule has 0 nitrogen and oxygen atoms in total. The van der Waals surface area contributed by atoms with Crippen molar-refractivity contribution in [2.24, 2.45) is 0 Å². The third-order valence-electron chi connectivity index (χ3n) is 6.04. The maximum Gasteiger partial charge on any atom is 0.147 e. The molecule has 1 aliphatic rings. The van der Waals surface area contributed by atoms with Crippen LogP contribution in [0, 0.1) is 6.92 Å². The van der Waals surface area contributed by atoms with Crippen LogP contribution in [0.1, 0.15) is 5.56 Å². The van der Waals surface area contributed by atoms with Gasteiger partial charge in [0.05, 0.1) is 0 Å². The molecule has 1 atom stereocenters. The van der Waals surface area contributed by atoms with Crippen molar-refractivity contribution in [1.29, 1.82) is 0 Å². The van der Waals surface area contributed by atoms with Gasteiger partial charge in [-0.05, 0) is 44.7 Å². The van der Waals surface area contributed by atoms with Gasteiger partial charge in [0, 0.05) is 0 Å². The monoisotopic (exact) mass is 362 g/mol. The first-order valence-corrected chi connectivity index (χ1v) is 12.1. The molecular formula is C26H22Si. The minimum atomic E-state index is -2.13. The van der Waals surface area contributed by atoms with Crippen LogP contribution < -0.4 is 15.6 Å². The fourth-order valence-corrected chi connectivity index (χ4v) is 8.87. The van der Waals surface area contributed by atoms with Crippen LogP contribution in [-0.2, 0) is 0 Å². The van der Waals surface area contributed by atoms with E-state index in [0.717, 1.165) is 0 Å². The van der Waals surface area contributed by atoms with E-state index >= 15 is 0 Å². The van der Waals surface area contributed by atoms with Crippen LogP contribution in [0.15, 0.2) is 97.1 Å². The largest absolute Gasteiger partial charge is 0.147 e. The number of benzene rings is 4. The normalized spacial score (nSPS) is 17.4. The zero-order valence-corrected chi connectivity index (χ0v) is 16.7. The fourth-order valence-electron chi connectivity index (χ4n) is 4.64. The molecular weight excluding hydrogens is 340 g/mol. The van der Waals surface area contributed by atoms with Crippen LogP contribution in [0.2, 0.25) is 6.55 Å². The number of hydrogen-bond acceptors (Lipinski definition) is 0. The number of fused-ring (bicyclic) bond motifs is 5. The maximum atomic E-state index is 2.52. The van der Waals surface area contributed by atoms with Crippen LogP contribution in [0.5, 0.6) is 0 Å². The maximum absolute atomic E-state index is 2.52. The van der Waals surface area contributed by atoms with Crippen molar-refractivity contribution in [2.75, 3.05) is 0 Å². The molecule has 0 N–H and O–H groups in total. The third-order valence-corrected chi connectivity index (χ3v) is 10.5. The van der Waals surface area contributed by atoms with Crippen molar-refractivity contribution in [3.63, 3.8) is 0 Å². The van der Waals surface area contributed by atoms with E-state index in [1.807, 2.05) is 0 Å². The Morgan fingerprint density at radius 2 is 1.07 bits per heavy atom. The molecule has 0 spiro atoms. The molecule has 0 amide bonds. The van der Waals surface area contributed by atoms with E-state index in [4.69, 9.17) is 0 Å². The lowest BCUT2D eigenvalue weighted by molar-refractivity contribution is 1.48. The number of aryl methyl sites for hydroxylation is 1. The molecule has 1 aliphatic heterocycles. The Labute approximate surface area is 162 Å². The summed E-state index contributed by atoms with van der Waals surface area (Å²) in [5.74, 6) is 0. The Bertz CT molecular complexity index is 1140. The molecule has 1 unspecified atom stereocenters. The summed E-state index contributed by atoms with van der Waals surface area (Å²) in [6.45, 7) is 4.73. The molecule has 0 aromatic heterocycles. The van der Waals surface area contributed by atoms with Crippen molar-refractivity contribution in [3.05, 3.63) is 103 Å². The number of rotatable bonds is 1. The van der Waals surface area contributed by atoms with Crippen molar-refractivity contribution in [1.82, 2.24) is 0 Å². The quantitative estimate of drug-likeness (QED) is 0.429. The van der Waals surface area contributed by atoms with Gasteiger partial charge >= 0.3 is 0 Å². The average molecular weight is 363 g/mol. The molecule has 0 aliphatic carbocycles. The minimum Gasteiger partial charge on any atom is -0.0624 e. The molecule has 27 heavy (non-hydrogen) atoms. The molecule has 5 rings (SSSR count). The van der Waals surface area contributed by atoms with Gasteiger partial charge in [-0.2, -0.15) is 0 Å². The lowest BCUT2D eigenvalue weighted by atomic mass is 9.94. The van der Waals surface area contributed by atoms with Gasteiger partial charge in [0.2, 0.25) is 0 Å². The van der Waals surface area contributed by atoms with Gasteiger partial charge < -0.3 is 0 Å². The van der Waals surface area contributed by atoms with Gasteiger partial charge in [-0.15, -0.1) is 0 Å². The lowest BCUT2D eigenvalue weighted by Gasteiger charge is -2.31. The highest BCUT2D eigenvalue weighted by Crippen LogP contribution is 2.35. The van der Waals surface area contributed by atoms with Gasteiger partial charge in [0.1, 0.15) is 8.07 Å². The van der Waals surface area contributed by atoms with Crippen LogP contribution in [0.3, 0.4) is 0 Å². The third kappa shape index (κ3) is 2.35. The van der Waals surface area contributed by atoms with Crippen LogP contribution in [-0.4, -0.2) is 8.07 Å². The fraction of sp³-hybridized carbons (Fsp3) is 0.0769. The zero-order valence-electron chi connectivity index (χ0n) is 15.7. The Morgan fingerprint density at radius 1 is 0.519 bits per heavy atom. The molecule has 0 saturated heterocycles. The van der Waals surface area contributed by atoms with Gasteiger partial charge in [-0.3, -0.25) is 0 Å². The van der Waals surface area contributed by atoms with E-state index in [9.17, 15) is 0 Å². The van der Waals surface area contributed by atoms with Crippen molar-refractivity contribution < 1.29 is 0 Å². The Morgan fingerprint density at radius 3 is 1.78 bits per heavy atom. The molecule has 0 radical (unpaired) electrons. The van der Waals surface area contributed by atoms with Crippen LogP contribution in [0.25, 0.3) is 22.3 Å². The molecule has 0 fully saturated rings. The highest BCUT2D eigenvalue weighted by atomic mass is 28.3. The smallest absolute Gasteiger partial charge is 0.0624 e. The van der Waals surface area contributed by atoms with E-state index < -0.39 is 8.07 Å². The second kappa shape index (κ2) is 6.07. The Balaban J connectivity index is 2.00. The molecule has 1 heteroatoms. The summed E-state index contributed by atoms with van der Waals surface area (Å²) in [6, 6.07) is 36.1. The molecule has 130 valence electrons. The summed E-state index contributed by atoms with van der Waals surface area (Å²) >= 11 is 0. The van der Waals surface area contributed by atoms with Crippen molar-refractivity contribution in [2.45, 2.75) is 13.5 Å². The summed E-state index contributed by atoms with van der Waals surface area (Å²) in [6.07, 6.45) is 0. The summed E-state index contributed by atoms with van der Waals surface area (Å²) in [5.41, 5.74) is 6.82. The lowest BCUT2D eigenvalue weighted by Crippen LogP contribution is -2.65. The highest BCUT2D eigenvalue weighted by molar-refractivity contribution is 7.12. The predicted octanol–water partition coefficient (Wildman–Crippen LogP) is 4.74. The van der Waals surface area contributed by atoms with Gasteiger partial charge in [0.15, 0.2) is 0 Å². The summed E-state index contributed by atoms with van der Waals surface area (Å²) in [4.78, 5) is 0. The van der Waals surface area contributed by atoms with Crippen molar-refractivity contribution in [3.8, 4) is 22.3 Å². The number of hydrogen-bond donors (Lipinski definition) is 0. The van der Waals surface area contributed by atoms with E-state index in [1.54, 1.807) is 0 Å². The first-order valence-electron chi connectivity index (χ1n) is 9.55. The predicted molar refractivity (Wildman–Crippen MR) is 119 cm³/mol. The van der Waals surface area contributed by atoms with Gasteiger partial charge in [-0.25, -0.2) is 0 Å². The van der Waals surface area contributed by atoms with E-state index in [0.29, 0.717) is 0 Å². The second-order valence-electron chi connectivity index (χ2n) is 7.63. The Kier molecular flexibility index (Phi) is 3.66. The van der Waals surface area contributed by atoms with Crippen LogP contribution >= 0.6 is 0 Å². The van der Waals surface area contributed by atoms with Crippen molar-refractivity contribution >= 4 is 23.6 Å². The van der Waals surface area contributed by atoms with E-state index in [-0.39, 0.29) is 0 Å². The first-order chi connectivity index (χ1) is 13.2. The molecule has 0 saturated carbocycles. The highest BCUT2D eigenvalue weighted by Gasteiger charge is 2.40. The second-order valence-corrected chi connectivity index (χ2v) is 11.5. The molecule has 4 aromatic carbocycles. The molecule has 1 heterocycles. The average Bonchev–Trinajstić information content (AvgIpc) is 2.82. The summed E-state index contributed by atoms with van der Waals surface area (Å²) < 4.78 is 0. The van der Waals surface area contributed by atoms with Crippen LogP contribution in [0.4, 0.5) is 0 Å². The molecule has 0 bridgehead atoms.